The quantitative estimate of drug-likeness (QED) is 0.732. The zero-order valence-electron chi connectivity index (χ0n) is 16.5. The molecule has 0 saturated carbocycles. The van der Waals surface area contributed by atoms with Crippen LogP contribution in [-0.2, 0) is 20.8 Å². The van der Waals surface area contributed by atoms with E-state index in [1.54, 1.807) is 6.20 Å². The predicted octanol–water partition coefficient (Wildman–Crippen LogP) is 1.16. The molecule has 2 saturated heterocycles. The van der Waals surface area contributed by atoms with Gasteiger partial charge < -0.3 is 19.7 Å². The van der Waals surface area contributed by atoms with E-state index in [-0.39, 0.29) is 18.6 Å². The van der Waals surface area contributed by atoms with Crippen molar-refractivity contribution < 1.29 is 14.3 Å². The van der Waals surface area contributed by atoms with Gasteiger partial charge in [0.2, 0.25) is 5.91 Å². The fourth-order valence-corrected chi connectivity index (χ4v) is 4.06. The number of likely N-dealkylation sites (N-methyl/N-ethyl adjacent to an activating group) is 1. The first kappa shape index (κ1) is 19.3. The molecular weight excluding hydrogens is 358 g/mol. The molecule has 0 unspecified atom stereocenters. The number of nitrogens with one attached hydrogen (secondary N) is 1. The average Bonchev–Trinajstić information content (AvgIpc) is 3.43. The van der Waals surface area contributed by atoms with Crippen molar-refractivity contribution in [3.05, 3.63) is 24.0 Å². The molecule has 2 atom stereocenters. The highest BCUT2D eigenvalue weighted by Crippen LogP contribution is 2.30. The summed E-state index contributed by atoms with van der Waals surface area (Å²) >= 11 is 0. The third-order valence-electron chi connectivity index (χ3n) is 5.52. The van der Waals surface area contributed by atoms with Crippen molar-refractivity contribution in [2.75, 3.05) is 46.5 Å². The summed E-state index contributed by atoms with van der Waals surface area (Å²) in [6.07, 6.45) is 5.15. The highest BCUT2D eigenvalue weighted by Gasteiger charge is 2.26. The van der Waals surface area contributed by atoms with Gasteiger partial charge in [0.15, 0.2) is 5.65 Å². The lowest BCUT2D eigenvalue weighted by Crippen LogP contribution is -2.31. The number of hydrogen-bond donors (Lipinski definition) is 1. The molecule has 0 radical (unpaired) electrons. The Morgan fingerprint density at radius 1 is 1.43 bits per heavy atom. The number of hydrogen-bond acceptors (Lipinski definition) is 6. The number of carbonyl (C=O) groups is 1. The van der Waals surface area contributed by atoms with Crippen LogP contribution in [0.15, 0.2) is 18.3 Å². The molecule has 2 aliphatic rings. The second kappa shape index (κ2) is 8.98. The Balaban J connectivity index is 1.30. The molecule has 2 aromatic heterocycles. The molecule has 8 heteroatoms. The zero-order chi connectivity index (χ0) is 19.3. The molecule has 1 amide bonds. The minimum atomic E-state index is -0.111. The SMILES string of the molecule is CN1CC[C@H](c2nn(CCNC(=O)COC[C@H]3CCCO3)c3ncccc23)C1. The van der Waals surface area contributed by atoms with Crippen molar-refractivity contribution in [3.63, 3.8) is 0 Å². The number of nitrogens with zero attached hydrogens (tertiary/aromatic N) is 4. The summed E-state index contributed by atoms with van der Waals surface area (Å²) in [5.74, 6) is 0.332. The number of rotatable bonds is 8. The summed E-state index contributed by atoms with van der Waals surface area (Å²) < 4.78 is 12.9. The summed E-state index contributed by atoms with van der Waals surface area (Å²) in [7, 11) is 2.15. The molecule has 4 rings (SSSR count). The minimum absolute atomic E-state index is 0.0671. The van der Waals surface area contributed by atoms with E-state index in [1.807, 2.05) is 10.7 Å². The van der Waals surface area contributed by atoms with Gasteiger partial charge in [-0.25, -0.2) is 9.67 Å². The lowest BCUT2D eigenvalue weighted by molar-refractivity contribution is -0.126. The number of ether oxygens (including phenoxy) is 2. The van der Waals surface area contributed by atoms with E-state index in [2.05, 4.69) is 28.3 Å². The Morgan fingerprint density at radius 3 is 3.14 bits per heavy atom. The fourth-order valence-electron chi connectivity index (χ4n) is 4.06. The van der Waals surface area contributed by atoms with Crippen LogP contribution < -0.4 is 5.32 Å². The largest absolute Gasteiger partial charge is 0.376 e. The first-order chi connectivity index (χ1) is 13.7. The van der Waals surface area contributed by atoms with Crippen LogP contribution in [0.2, 0.25) is 0 Å². The average molecular weight is 387 g/mol. The Hall–Kier alpha value is -2.03. The minimum Gasteiger partial charge on any atom is -0.376 e. The molecule has 0 aliphatic carbocycles. The molecule has 2 aliphatic heterocycles. The van der Waals surface area contributed by atoms with Crippen LogP contribution in [0.5, 0.6) is 0 Å². The van der Waals surface area contributed by atoms with Gasteiger partial charge in [-0.05, 0) is 45.0 Å². The van der Waals surface area contributed by atoms with Crippen LogP contribution in [0.4, 0.5) is 0 Å². The van der Waals surface area contributed by atoms with Gasteiger partial charge in [-0.15, -0.1) is 0 Å². The summed E-state index contributed by atoms with van der Waals surface area (Å²) in [5.41, 5.74) is 2.01. The van der Waals surface area contributed by atoms with Crippen LogP contribution >= 0.6 is 0 Å². The zero-order valence-corrected chi connectivity index (χ0v) is 16.5. The van der Waals surface area contributed by atoms with Gasteiger partial charge >= 0.3 is 0 Å². The van der Waals surface area contributed by atoms with Crippen LogP contribution in [0, 0.1) is 0 Å². The van der Waals surface area contributed by atoms with Gasteiger partial charge in [-0.2, -0.15) is 5.10 Å². The highest BCUT2D eigenvalue weighted by atomic mass is 16.5. The molecule has 8 nitrogen and oxygen atoms in total. The van der Waals surface area contributed by atoms with E-state index in [4.69, 9.17) is 14.6 Å². The Kier molecular flexibility index (Phi) is 6.19. The molecule has 4 heterocycles. The van der Waals surface area contributed by atoms with Crippen molar-refractivity contribution in [1.29, 1.82) is 0 Å². The maximum absolute atomic E-state index is 12.0. The number of aromatic nitrogens is 3. The van der Waals surface area contributed by atoms with E-state index >= 15 is 0 Å². The third-order valence-corrected chi connectivity index (χ3v) is 5.52. The Labute approximate surface area is 165 Å². The number of amides is 1. The summed E-state index contributed by atoms with van der Waals surface area (Å²) in [6.45, 7) is 4.57. The molecule has 1 N–H and O–H groups in total. The standard InChI is InChI=1S/C20H29N5O3/c1-24-9-6-15(12-24)19-17-5-2-7-22-20(17)25(23-19)10-8-21-18(26)14-27-13-16-4-3-11-28-16/h2,5,7,15-16H,3-4,6,8-14H2,1H3,(H,21,26)/t15-,16+/m0/s1. The second-order valence-corrected chi connectivity index (χ2v) is 7.73. The lowest BCUT2D eigenvalue weighted by Gasteiger charge is -2.10. The van der Waals surface area contributed by atoms with Gasteiger partial charge in [-0.1, -0.05) is 0 Å². The van der Waals surface area contributed by atoms with E-state index in [9.17, 15) is 4.79 Å². The predicted molar refractivity (Wildman–Crippen MR) is 105 cm³/mol. The molecular formula is C20H29N5O3. The van der Waals surface area contributed by atoms with E-state index in [1.165, 1.54) is 0 Å². The van der Waals surface area contributed by atoms with Crippen LogP contribution in [0.1, 0.15) is 30.9 Å². The monoisotopic (exact) mass is 387 g/mol. The van der Waals surface area contributed by atoms with Crippen LogP contribution in [0.25, 0.3) is 11.0 Å². The first-order valence-electron chi connectivity index (χ1n) is 10.2. The van der Waals surface area contributed by atoms with Crippen LogP contribution in [-0.4, -0.2) is 78.2 Å². The topological polar surface area (TPSA) is 81.5 Å². The molecule has 0 aromatic carbocycles. The molecule has 0 spiro atoms. The first-order valence-corrected chi connectivity index (χ1v) is 10.2. The summed E-state index contributed by atoms with van der Waals surface area (Å²) in [4.78, 5) is 18.8. The number of carbonyl (C=O) groups excluding carboxylic acids is 1. The third kappa shape index (κ3) is 4.51. The smallest absolute Gasteiger partial charge is 0.246 e. The molecule has 0 bridgehead atoms. The van der Waals surface area contributed by atoms with Crippen molar-refractivity contribution in [2.45, 2.75) is 37.8 Å². The number of pyridine rings is 1. The van der Waals surface area contributed by atoms with E-state index in [0.29, 0.717) is 25.6 Å². The van der Waals surface area contributed by atoms with Gasteiger partial charge in [0, 0.05) is 37.2 Å². The van der Waals surface area contributed by atoms with Crippen molar-refractivity contribution in [2.24, 2.45) is 0 Å². The normalized spacial score (nSPS) is 22.9. The highest BCUT2D eigenvalue weighted by molar-refractivity contribution is 5.79. The number of fused-ring (bicyclic) bond motifs is 1. The molecule has 28 heavy (non-hydrogen) atoms. The lowest BCUT2D eigenvalue weighted by atomic mass is 10.0. The van der Waals surface area contributed by atoms with Gasteiger partial charge in [0.1, 0.15) is 6.61 Å². The summed E-state index contributed by atoms with van der Waals surface area (Å²) in [5, 5.41) is 8.87. The second-order valence-electron chi connectivity index (χ2n) is 7.73. The fraction of sp³-hybridized carbons (Fsp3) is 0.650. The Bertz CT molecular complexity index is 802. The van der Waals surface area contributed by atoms with Gasteiger partial charge in [-0.3, -0.25) is 4.79 Å². The van der Waals surface area contributed by atoms with Gasteiger partial charge in [0.05, 0.1) is 24.9 Å². The van der Waals surface area contributed by atoms with Crippen LogP contribution in [0.3, 0.4) is 0 Å². The van der Waals surface area contributed by atoms with E-state index in [0.717, 1.165) is 55.7 Å². The Morgan fingerprint density at radius 2 is 2.36 bits per heavy atom. The summed E-state index contributed by atoms with van der Waals surface area (Å²) in [6, 6.07) is 4.06. The van der Waals surface area contributed by atoms with Crippen molar-refractivity contribution in [1.82, 2.24) is 25.0 Å². The number of likely N-dealkylation sites (tertiary alicyclic amines) is 1. The van der Waals surface area contributed by atoms with Crippen molar-refractivity contribution >= 4 is 16.9 Å². The maximum atomic E-state index is 12.0. The maximum Gasteiger partial charge on any atom is 0.246 e. The van der Waals surface area contributed by atoms with Crippen molar-refractivity contribution in [3.8, 4) is 0 Å². The molecule has 2 fully saturated rings. The molecule has 152 valence electrons. The van der Waals surface area contributed by atoms with Gasteiger partial charge in [0.25, 0.3) is 0 Å². The molecule has 2 aromatic rings. The van der Waals surface area contributed by atoms with E-state index < -0.39 is 0 Å².